The highest BCUT2D eigenvalue weighted by Crippen LogP contribution is 2.22. The first-order valence-electron chi connectivity index (χ1n) is 6.08. The van der Waals surface area contributed by atoms with Gasteiger partial charge in [-0.3, -0.25) is 9.00 Å². The van der Waals surface area contributed by atoms with E-state index in [4.69, 9.17) is 16.8 Å². The molecule has 0 bridgehead atoms. The van der Waals surface area contributed by atoms with Gasteiger partial charge in [0.15, 0.2) is 0 Å². The molecular weight excluding hydrogens is 336 g/mol. The van der Waals surface area contributed by atoms with Crippen molar-refractivity contribution in [3.8, 4) is 0 Å². The van der Waals surface area contributed by atoms with Crippen molar-refractivity contribution < 1.29 is 18.8 Å². The molecule has 2 rings (SSSR count). The van der Waals surface area contributed by atoms with Gasteiger partial charge in [-0.25, -0.2) is 5.48 Å². The molecule has 0 spiro atoms. The standard InChI is InChI=1S/C11H12ClNO3S2.CH5NO/c12-9-2-1-8(7-10(9)18(15)16)11(14)13-3-5-17-6-4-13;1-2-3/h1-2,7H,3-6H2,(H,15,16);2-3H,1H3/p-1. The highest BCUT2D eigenvalue weighted by Gasteiger charge is 2.19. The zero-order chi connectivity index (χ0) is 15.8. The number of halogens is 1. The van der Waals surface area contributed by atoms with Gasteiger partial charge in [-0.1, -0.05) is 11.6 Å². The summed E-state index contributed by atoms with van der Waals surface area (Å²) in [6.07, 6.45) is 0. The maximum atomic E-state index is 12.2. The second kappa shape index (κ2) is 9.39. The summed E-state index contributed by atoms with van der Waals surface area (Å²) in [6.45, 7) is 1.39. The minimum Gasteiger partial charge on any atom is -0.768 e. The summed E-state index contributed by atoms with van der Waals surface area (Å²) in [4.78, 5) is 13.9. The molecule has 1 atom stereocenters. The van der Waals surface area contributed by atoms with Crippen LogP contribution in [0.1, 0.15) is 10.4 Å². The minimum absolute atomic E-state index is 0.0334. The van der Waals surface area contributed by atoms with E-state index in [2.05, 4.69) is 0 Å². The van der Waals surface area contributed by atoms with E-state index < -0.39 is 11.1 Å². The van der Waals surface area contributed by atoms with E-state index in [9.17, 15) is 13.6 Å². The van der Waals surface area contributed by atoms with E-state index in [0.717, 1.165) is 11.5 Å². The van der Waals surface area contributed by atoms with Crippen LogP contribution in [-0.4, -0.2) is 56.4 Å². The lowest BCUT2D eigenvalue weighted by Crippen LogP contribution is -2.37. The predicted octanol–water partition coefficient (Wildman–Crippen LogP) is 1.36. The van der Waals surface area contributed by atoms with Gasteiger partial charge in [-0.2, -0.15) is 11.8 Å². The monoisotopic (exact) mass is 351 g/mol. The number of hydrogen-bond donors (Lipinski definition) is 2. The van der Waals surface area contributed by atoms with Gasteiger partial charge in [0, 0.05) is 42.1 Å². The van der Waals surface area contributed by atoms with Crippen molar-refractivity contribution in [2.75, 3.05) is 31.6 Å². The van der Waals surface area contributed by atoms with Crippen molar-refractivity contribution in [2.24, 2.45) is 0 Å². The number of nitrogens with zero attached hydrogens (tertiary/aromatic N) is 1. The molecule has 0 radical (unpaired) electrons. The Morgan fingerprint density at radius 2 is 2.05 bits per heavy atom. The van der Waals surface area contributed by atoms with E-state index in [1.165, 1.54) is 19.2 Å². The van der Waals surface area contributed by atoms with Crippen LogP contribution in [0, 0.1) is 0 Å². The summed E-state index contributed by atoms with van der Waals surface area (Å²) in [5.74, 6) is 1.69. The third-order valence-corrected chi connectivity index (χ3v) is 4.74. The average Bonchev–Trinajstić information content (AvgIpc) is 2.48. The van der Waals surface area contributed by atoms with E-state index in [1.807, 2.05) is 11.8 Å². The van der Waals surface area contributed by atoms with Crippen LogP contribution < -0.4 is 5.48 Å². The normalized spacial score (nSPS) is 15.9. The van der Waals surface area contributed by atoms with Crippen LogP contribution >= 0.6 is 23.4 Å². The molecule has 9 heteroatoms. The molecular formula is C12H16ClN2O4S2-. The fourth-order valence-electron chi connectivity index (χ4n) is 1.71. The number of hydrogen-bond acceptors (Lipinski definition) is 6. The van der Waals surface area contributed by atoms with Crippen LogP contribution in [0.4, 0.5) is 0 Å². The summed E-state index contributed by atoms with van der Waals surface area (Å²) in [6, 6.07) is 4.33. The minimum atomic E-state index is -2.43. The first kappa shape index (κ1) is 18.4. The lowest BCUT2D eigenvalue weighted by atomic mass is 10.2. The number of benzene rings is 1. The van der Waals surface area contributed by atoms with Crippen molar-refractivity contribution in [3.05, 3.63) is 28.8 Å². The number of hydroxylamine groups is 1. The van der Waals surface area contributed by atoms with Crippen molar-refractivity contribution in [3.63, 3.8) is 0 Å². The van der Waals surface area contributed by atoms with Crippen molar-refractivity contribution in [1.82, 2.24) is 10.4 Å². The van der Waals surface area contributed by atoms with Crippen LogP contribution in [0.25, 0.3) is 0 Å². The van der Waals surface area contributed by atoms with Gasteiger partial charge >= 0.3 is 0 Å². The predicted molar refractivity (Wildman–Crippen MR) is 82.7 cm³/mol. The van der Waals surface area contributed by atoms with Gasteiger partial charge in [0.25, 0.3) is 5.91 Å². The van der Waals surface area contributed by atoms with Gasteiger partial charge in [0.2, 0.25) is 0 Å². The first-order chi connectivity index (χ1) is 10.0. The van der Waals surface area contributed by atoms with Crippen LogP contribution in [0.5, 0.6) is 0 Å². The summed E-state index contributed by atoms with van der Waals surface area (Å²) < 4.78 is 21.9. The molecule has 1 unspecified atom stereocenters. The fourth-order valence-corrected chi connectivity index (χ4v) is 3.37. The Balaban J connectivity index is 0.000000677. The molecule has 0 saturated carbocycles. The quantitative estimate of drug-likeness (QED) is 0.617. The number of nitrogens with one attached hydrogen (secondary N) is 1. The van der Waals surface area contributed by atoms with E-state index >= 15 is 0 Å². The summed E-state index contributed by atoms with van der Waals surface area (Å²) in [5.41, 5.74) is 2.12. The Kier molecular flexibility index (Phi) is 8.23. The zero-order valence-electron chi connectivity index (χ0n) is 11.4. The maximum absolute atomic E-state index is 12.2. The number of amides is 1. The topological polar surface area (TPSA) is 92.7 Å². The molecule has 1 heterocycles. The molecule has 2 N–H and O–H groups in total. The number of rotatable bonds is 2. The Morgan fingerprint density at radius 1 is 1.48 bits per heavy atom. The van der Waals surface area contributed by atoms with Gasteiger partial charge in [0.1, 0.15) is 0 Å². The zero-order valence-corrected chi connectivity index (χ0v) is 13.8. The van der Waals surface area contributed by atoms with Crippen LogP contribution in [0.3, 0.4) is 0 Å². The molecule has 0 aromatic heterocycles. The van der Waals surface area contributed by atoms with Gasteiger partial charge in [0.05, 0.1) is 5.02 Å². The molecule has 6 nitrogen and oxygen atoms in total. The van der Waals surface area contributed by atoms with Gasteiger partial charge < -0.3 is 14.7 Å². The number of carbonyl (C=O) groups is 1. The Morgan fingerprint density at radius 3 is 2.57 bits per heavy atom. The lowest BCUT2D eigenvalue weighted by molar-refractivity contribution is 0.0772. The van der Waals surface area contributed by atoms with Crippen molar-refractivity contribution >= 4 is 40.4 Å². The van der Waals surface area contributed by atoms with Crippen LogP contribution in [0.15, 0.2) is 23.1 Å². The molecule has 1 aliphatic heterocycles. The van der Waals surface area contributed by atoms with Crippen molar-refractivity contribution in [1.29, 1.82) is 0 Å². The summed E-state index contributed by atoms with van der Waals surface area (Å²) >= 11 is 5.14. The molecule has 1 fully saturated rings. The summed E-state index contributed by atoms with van der Waals surface area (Å²) in [7, 11) is 1.43. The second-order valence-corrected chi connectivity index (χ2v) is 6.55. The molecule has 1 saturated heterocycles. The smallest absolute Gasteiger partial charge is 0.253 e. The van der Waals surface area contributed by atoms with Crippen LogP contribution in [0.2, 0.25) is 5.02 Å². The van der Waals surface area contributed by atoms with E-state index in [0.29, 0.717) is 18.7 Å². The third kappa shape index (κ3) is 5.57. The molecule has 1 amide bonds. The van der Waals surface area contributed by atoms with Crippen molar-refractivity contribution in [2.45, 2.75) is 4.90 Å². The maximum Gasteiger partial charge on any atom is 0.253 e. The largest absolute Gasteiger partial charge is 0.768 e. The van der Waals surface area contributed by atoms with E-state index in [1.54, 1.807) is 16.4 Å². The first-order valence-corrected chi connectivity index (χ1v) is 8.68. The molecule has 21 heavy (non-hydrogen) atoms. The van der Waals surface area contributed by atoms with Gasteiger partial charge in [-0.05, 0) is 29.3 Å². The Hall–Kier alpha value is -0.640. The number of thioether (sulfide) groups is 1. The number of carbonyl (C=O) groups excluding carboxylic acids is 1. The summed E-state index contributed by atoms with van der Waals surface area (Å²) in [5, 5.41) is 7.45. The van der Waals surface area contributed by atoms with E-state index in [-0.39, 0.29) is 15.8 Å². The molecule has 1 aromatic rings. The molecule has 118 valence electrons. The van der Waals surface area contributed by atoms with Gasteiger partial charge in [-0.15, -0.1) is 0 Å². The SMILES string of the molecule is CNO.O=C(c1ccc(Cl)c(S(=O)[O-])c1)N1CCSCC1. The van der Waals surface area contributed by atoms with Crippen LogP contribution in [-0.2, 0) is 11.1 Å². The molecule has 0 aliphatic carbocycles. The Labute approximate surface area is 135 Å². The molecule has 1 aromatic carbocycles. The average molecular weight is 352 g/mol. The highest BCUT2D eigenvalue weighted by molar-refractivity contribution is 7.99. The second-order valence-electron chi connectivity index (χ2n) is 4.01. The third-order valence-electron chi connectivity index (χ3n) is 2.66. The Bertz CT molecular complexity index is 510. The fraction of sp³-hybridized carbons (Fsp3) is 0.417. The lowest BCUT2D eigenvalue weighted by Gasteiger charge is -2.26. The highest BCUT2D eigenvalue weighted by atomic mass is 35.5. The molecule has 1 aliphatic rings.